The largest absolute Gasteiger partial charge is 0.450 e. The molecule has 2 heterocycles. The number of ether oxygens (including phenoxy) is 1. The first-order chi connectivity index (χ1) is 17.1. The summed E-state index contributed by atoms with van der Waals surface area (Å²) in [6.45, 7) is 2.19. The molecule has 0 spiro atoms. The number of halogens is 1. The number of nitrogens with zero attached hydrogens (tertiary/aromatic N) is 3. The van der Waals surface area contributed by atoms with Crippen molar-refractivity contribution in [2.45, 2.75) is 44.6 Å². The van der Waals surface area contributed by atoms with E-state index in [2.05, 4.69) is 32.4 Å². The topological polar surface area (TPSA) is 77.0 Å². The molecule has 2 aromatic heterocycles. The molecule has 5 rings (SSSR count). The molecule has 1 fully saturated rings. The van der Waals surface area contributed by atoms with E-state index in [4.69, 9.17) is 4.74 Å². The molecule has 0 radical (unpaired) electrons. The van der Waals surface area contributed by atoms with Crippen molar-refractivity contribution in [1.82, 2.24) is 20.3 Å². The lowest BCUT2D eigenvalue weighted by atomic mass is 9.64. The normalized spacial score (nSPS) is 23.4. The van der Waals surface area contributed by atoms with Crippen LogP contribution >= 0.6 is 0 Å². The second-order valence-electron chi connectivity index (χ2n) is 9.30. The van der Waals surface area contributed by atoms with Gasteiger partial charge in [-0.1, -0.05) is 24.3 Å². The van der Waals surface area contributed by atoms with Gasteiger partial charge in [0, 0.05) is 29.9 Å². The molecule has 1 N–H and O–H groups in total. The number of benzene rings is 1. The minimum absolute atomic E-state index is 0.128. The lowest BCUT2D eigenvalue weighted by molar-refractivity contribution is 0.128. The second-order valence-corrected chi connectivity index (χ2v) is 9.30. The van der Waals surface area contributed by atoms with Crippen LogP contribution in [-0.2, 0) is 11.2 Å². The van der Waals surface area contributed by atoms with Gasteiger partial charge in [-0.05, 0) is 79.8 Å². The zero-order valence-corrected chi connectivity index (χ0v) is 19.7. The average molecular weight is 473 g/mol. The van der Waals surface area contributed by atoms with Gasteiger partial charge in [-0.25, -0.2) is 19.2 Å². The minimum Gasteiger partial charge on any atom is -0.450 e. The molecule has 6 nitrogen and oxygen atoms in total. The summed E-state index contributed by atoms with van der Waals surface area (Å²) in [6, 6.07) is 10.6. The molecule has 3 aromatic rings. The molecule has 4 atom stereocenters. The maximum atomic E-state index is 13.6. The van der Waals surface area contributed by atoms with Crippen LogP contribution in [0.1, 0.15) is 49.1 Å². The Morgan fingerprint density at radius 2 is 2.09 bits per heavy atom. The highest BCUT2D eigenvalue weighted by Crippen LogP contribution is 2.46. The van der Waals surface area contributed by atoms with Crippen molar-refractivity contribution in [2.75, 3.05) is 6.61 Å². The predicted octanol–water partition coefficient (Wildman–Crippen LogP) is 5.56. The maximum Gasteiger partial charge on any atom is 0.407 e. The van der Waals surface area contributed by atoms with Crippen LogP contribution in [0.5, 0.6) is 0 Å². The Bertz CT molecular complexity index is 1210. The van der Waals surface area contributed by atoms with E-state index in [9.17, 15) is 9.18 Å². The summed E-state index contributed by atoms with van der Waals surface area (Å²) in [5.74, 6) is 0.791. The van der Waals surface area contributed by atoms with Crippen LogP contribution < -0.4 is 5.32 Å². The molecule has 180 valence electrons. The van der Waals surface area contributed by atoms with Gasteiger partial charge in [-0.15, -0.1) is 0 Å². The van der Waals surface area contributed by atoms with Gasteiger partial charge in [0.15, 0.2) is 0 Å². The fraction of sp³-hybridized carbons (Fsp3) is 0.357. The summed E-state index contributed by atoms with van der Waals surface area (Å²) in [4.78, 5) is 25.4. The standard InChI is InChI=1S/C28H29FN4O2/c1-2-35-28(34)33-24-9-10-25-20(14-24)12-21-15-30-17-32-27(21)26(25)11-8-23-7-6-19(16-31-23)18-4-3-5-22(29)13-18/h3-8,11,13,15-17,20,24-26H,2,9-10,12,14H2,1H3,(H,33,34)/b11-8+/t20-,24+,25-,26+/m1/s1. The quantitative estimate of drug-likeness (QED) is 0.526. The van der Waals surface area contributed by atoms with E-state index < -0.39 is 0 Å². The van der Waals surface area contributed by atoms with E-state index in [1.807, 2.05) is 31.3 Å². The fourth-order valence-corrected chi connectivity index (χ4v) is 5.55. The van der Waals surface area contributed by atoms with Crippen molar-refractivity contribution in [3.8, 4) is 11.1 Å². The zero-order chi connectivity index (χ0) is 24.2. The van der Waals surface area contributed by atoms with Crippen molar-refractivity contribution in [3.05, 3.63) is 84.0 Å². The molecular weight excluding hydrogens is 443 g/mol. The SMILES string of the molecule is CCOC(=O)N[C@H]1CC[C@@H]2[C@H](Cc3cncnc3[C@H]2/C=C/c2ccc(-c3cccc(F)c3)cn2)C1. The number of hydrogen-bond donors (Lipinski definition) is 1. The molecule has 0 aliphatic heterocycles. The number of nitrogens with one attached hydrogen (secondary N) is 1. The number of amides is 1. The van der Waals surface area contributed by atoms with Gasteiger partial charge in [0.2, 0.25) is 0 Å². The highest BCUT2D eigenvalue weighted by atomic mass is 19.1. The molecule has 35 heavy (non-hydrogen) atoms. The Morgan fingerprint density at radius 3 is 2.89 bits per heavy atom. The van der Waals surface area contributed by atoms with Crippen molar-refractivity contribution >= 4 is 12.2 Å². The molecule has 1 aromatic carbocycles. The van der Waals surface area contributed by atoms with Gasteiger partial charge in [0.05, 0.1) is 18.0 Å². The van der Waals surface area contributed by atoms with Crippen molar-refractivity contribution in [2.24, 2.45) is 11.8 Å². The van der Waals surface area contributed by atoms with Crippen LogP contribution in [0.15, 0.2) is 61.2 Å². The van der Waals surface area contributed by atoms with Crippen LogP contribution in [0.25, 0.3) is 17.2 Å². The lowest BCUT2D eigenvalue weighted by Crippen LogP contribution is -2.44. The van der Waals surface area contributed by atoms with Crippen molar-refractivity contribution < 1.29 is 13.9 Å². The molecule has 7 heteroatoms. The summed E-state index contributed by atoms with van der Waals surface area (Å²) in [6.07, 6.45) is 13.0. The molecule has 0 unspecified atom stereocenters. The molecule has 1 saturated carbocycles. The monoisotopic (exact) mass is 472 g/mol. The van der Waals surface area contributed by atoms with E-state index in [1.165, 1.54) is 17.7 Å². The van der Waals surface area contributed by atoms with E-state index in [1.54, 1.807) is 18.6 Å². The van der Waals surface area contributed by atoms with Crippen LogP contribution in [0.3, 0.4) is 0 Å². The smallest absolute Gasteiger partial charge is 0.407 e. The number of pyridine rings is 1. The van der Waals surface area contributed by atoms with Crippen molar-refractivity contribution in [1.29, 1.82) is 0 Å². The average Bonchev–Trinajstić information content (AvgIpc) is 2.87. The third-order valence-corrected chi connectivity index (χ3v) is 7.14. The number of allylic oxidation sites excluding steroid dienone is 1. The Hall–Kier alpha value is -3.61. The Balaban J connectivity index is 1.34. The fourth-order valence-electron chi connectivity index (χ4n) is 5.55. The molecule has 2 aliphatic rings. The Morgan fingerprint density at radius 1 is 1.17 bits per heavy atom. The first kappa shape index (κ1) is 23.1. The van der Waals surface area contributed by atoms with E-state index in [0.29, 0.717) is 18.4 Å². The highest BCUT2D eigenvalue weighted by molar-refractivity contribution is 5.67. The highest BCUT2D eigenvalue weighted by Gasteiger charge is 2.40. The molecule has 0 saturated heterocycles. The number of carbonyl (C=O) groups is 1. The first-order valence-corrected chi connectivity index (χ1v) is 12.2. The predicted molar refractivity (Wildman–Crippen MR) is 132 cm³/mol. The summed E-state index contributed by atoms with van der Waals surface area (Å²) in [5, 5.41) is 3.03. The minimum atomic E-state index is -0.334. The van der Waals surface area contributed by atoms with Crippen LogP contribution in [0.4, 0.5) is 9.18 Å². The van der Waals surface area contributed by atoms with Gasteiger partial charge < -0.3 is 10.1 Å². The Kier molecular flexibility index (Phi) is 6.84. The van der Waals surface area contributed by atoms with E-state index in [0.717, 1.165) is 48.2 Å². The number of alkyl carbamates (subject to hydrolysis) is 1. The third kappa shape index (κ3) is 5.24. The van der Waals surface area contributed by atoms with Gasteiger partial charge in [0.25, 0.3) is 0 Å². The molecular formula is C28H29FN4O2. The number of aromatic nitrogens is 3. The van der Waals surface area contributed by atoms with Gasteiger partial charge >= 0.3 is 6.09 Å². The first-order valence-electron chi connectivity index (χ1n) is 12.2. The lowest BCUT2D eigenvalue weighted by Gasteiger charge is -2.43. The van der Waals surface area contributed by atoms with Gasteiger partial charge in [-0.2, -0.15) is 0 Å². The number of fused-ring (bicyclic) bond motifs is 2. The van der Waals surface area contributed by atoms with Gasteiger partial charge in [-0.3, -0.25) is 4.98 Å². The van der Waals surface area contributed by atoms with E-state index in [-0.39, 0.29) is 23.9 Å². The molecule has 1 amide bonds. The summed E-state index contributed by atoms with van der Waals surface area (Å²) in [5.41, 5.74) is 4.80. The number of carbonyl (C=O) groups excluding carboxylic acids is 1. The van der Waals surface area contributed by atoms with Crippen molar-refractivity contribution in [3.63, 3.8) is 0 Å². The maximum absolute atomic E-state index is 13.6. The van der Waals surface area contributed by atoms with Crippen LogP contribution in [-0.4, -0.2) is 33.7 Å². The van der Waals surface area contributed by atoms with Crippen LogP contribution in [0, 0.1) is 17.7 Å². The summed E-state index contributed by atoms with van der Waals surface area (Å²) >= 11 is 0. The Labute approximate surface area is 204 Å². The number of rotatable bonds is 5. The van der Waals surface area contributed by atoms with Gasteiger partial charge in [0.1, 0.15) is 12.1 Å². The summed E-state index contributed by atoms with van der Waals surface area (Å²) < 4.78 is 18.6. The van der Waals surface area contributed by atoms with Crippen LogP contribution in [0.2, 0.25) is 0 Å². The zero-order valence-electron chi connectivity index (χ0n) is 19.7. The molecule has 0 bridgehead atoms. The molecule has 2 aliphatic carbocycles. The third-order valence-electron chi connectivity index (χ3n) is 7.14. The van der Waals surface area contributed by atoms with E-state index >= 15 is 0 Å². The number of hydrogen-bond acceptors (Lipinski definition) is 5. The second kappa shape index (κ2) is 10.3. The summed E-state index contributed by atoms with van der Waals surface area (Å²) in [7, 11) is 0.